The fourth-order valence-corrected chi connectivity index (χ4v) is 2.32. The molecule has 1 N–H and O–H groups in total. The second kappa shape index (κ2) is 5.98. The number of rotatable bonds is 3. The standard InChI is InChI=1S/C16H15BrO/c1-12(9-10-18)16-11-14(17)7-8-15(16)13-5-3-2-4-6-13/h2-9,11,18H,10H2,1H3. The average molecular weight is 303 g/mol. The molecule has 0 amide bonds. The van der Waals surface area contributed by atoms with Crippen LogP contribution in [-0.4, -0.2) is 11.7 Å². The Morgan fingerprint density at radius 2 is 1.89 bits per heavy atom. The van der Waals surface area contributed by atoms with Gasteiger partial charge in [-0.3, -0.25) is 0 Å². The van der Waals surface area contributed by atoms with Gasteiger partial charge in [0.15, 0.2) is 0 Å². The van der Waals surface area contributed by atoms with E-state index >= 15 is 0 Å². The van der Waals surface area contributed by atoms with Crippen molar-refractivity contribution >= 4 is 21.5 Å². The number of allylic oxidation sites excluding steroid dienone is 1. The van der Waals surface area contributed by atoms with Crippen LogP contribution in [0.4, 0.5) is 0 Å². The Balaban J connectivity index is 2.58. The predicted octanol–water partition coefficient (Wildman–Crippen LogP) is 4.51. The number of hydrogen-bond acceptors (Lipinski definition) is 1. The van der Waals surface area contributed by atoms with Gasteiger partial charge >= 0.3 is 0 Å². The molecule has 92 valence electrons. The normalized spacial score (nSPS) is 11.6. The Morgan fingerprint density at radius 1 is 1.17 bits per heavy atom. The van der Waals surface area contributed by atoms with Crippen LogP contribution in [0.15, 0.2) is 59.1 Å². The zero-order chi connectivity index (χ0) is 13.0. The zero-order valence-electron chi connectivity index (χ0n) is 10.2. The molecule has 18 heavy (non-hydrogen) atoms. The van der Waals surface area contributed by atoms with Gasteiger partial charge in [0.2, 0.25) is 0 Å². The van der Waals surface area contributed by atoms with Crippen molar-refractivity contribution in [1.29, 1.82) is 0 Å². The van der Waals surface area contributed by atoms with Gasteiger partial charge in [-0.1, -0.05) is 58.4 Å². The first-order valence-electron chi connectivity index (χ1n) is 5.85. The molecule has 0 radical (unpaired) electrons. The SMILES string of the molecule is CC(=CCO)c1cc(Br)ccc1-c1ccccc1. The van der Waals surface area contributed by atoms with Crippen LogP contribution in [0.2, 0.25) is 0 Å². The number of benzene rings is 2. The van der Waals surface area contributed by atoms with E-state index < -0.39 is 0 Å². The molecule has 0 spiro atoms. The predicted molar refractivity (Wildman–Crippen MR) is 80.3 cm³/mol. The first-order chi connectivity index (χ1) is 8.72. The Morgan fingerprint density at radius 3 is 2.56 bits per heavy atom. The highest BCUT2D eigenvalue weighted by atomic mass is 79.9. The van der Waals surface area contributed by atoms with Crippen molar-refractivity contribution in [3.8, 4) is 11.1 Å². The summed E-state index contributed by atoms with van der Waals surface area (Å²) in [6.45, 7) is 2.08. The maximum Gasteiger partial charge on any atom is 0.0618 e. The maximum absolute atomic E-state index is 9.04. The van der Waals surface area contributed by atoms with Crippen molar-refractivity contribution in [3.63, 3.8) is 0 Å². The minimum Gasteiger partial charge on any atom is -0.392 e. The number of hydrogen-bond donors (Lipinski definition) is 1. The van der Waals surface area contributed by atoms with E-state index in [0.29, 0.717) is 0 Å². The highest BCUT2D eigenvalue weighted by molar-refractivity contribution is 9.10. The molecule has 2 aromatic rings. The third kappa shape index (κ3) is 2.89. The highest BCUT2D eigenvalue weighted by Gasteiger charge is 2.07. The molecule has 0 saturated carbocycles. The molecule has 0 unspecified atom stereocenters. The van der Waals surface area contributed by atoms with Crippen LogP contribution in [0.25, 0.3) is 16.7 Å². The van der Waals surface area contributed by atoms with Gasteiger partial charge in [0.05, 0.1) is 6.61 Å². The lowest BCUT2D eigenvalue weighted by molar-refractivity contribution is 0.343. The lowest BCUT2D eigenvalue weighted by atomic mass is 9.95. The van der Waals surface area contributed by atoms with Gasteiger partial charge in [-0.2, -0.15) is 0 Å². The monoisotopic (exact) mass is 302 g/mol. The van der Waals surface area contributed by atoms with Gasteiger partial charge in [0.1, 0.15) is 0 Å². The Bertz CT molecular complexity index is 559. The third-order valence-electron chi connectivity index (χ3n) is 2.89. The van der Waals surface area contributed by atoms with Crippen molar-refractivity contribution in [1.82, 2.24) is 0 Å². The number of halogens is 1. The van der Waals surface area contributed by atoms with Gasteiger partial charge in [-0.25, -0.2) is 0 Å². The summed E-state index contributed by atoms with van der Waals surface area (Å²) in [5.41, 5.74) is 4.59. The largest absolute Gasteiger partial charge is 0.392 e. The molecule has 2 aromatic carbocycles. The van der Waals surface area contributed by atoms with Gasteiger partial charge in [-0.05, 0) is 41.3 Å². The molecular formula is C16H15BrO. The van der Waals surface area contributed by atoms with Crippen molar-refractivity contribution < 1.29 is 5.11 Å². The summed E-state index contributed by atoms with van der Waals surface area (Å²) in [5.74, 6) is 0. The summed E-state index contributed by atoms with van der Waals surface area (Å²) in [5, 5.41) is 9.04. The summed E-state index contributed by atoms with van der Waals surface area (Å²) in [6.07, 6.45) is 1.83. The molecule has 0 aliphatic carbocycles. The Kier molecular flexibility index (Phi) is 4.34. The minimum absolute atomic E-state index is 0.0621. The summed E-state index contributed by atoms with van der Waals surface area (Å²) in [6, 6.07) is 16.5. The minimum atomic E-state index is 0.0621. The summed E-state index contributed by atoms with van der Waals surface area (Å²) in [4.78, 5) is 0. The molecule has 0 atom stereocenters. The molecule has 0 aromatic heterocycles. The topological polar surface area (TPSA) is 20.2 Å². The highest BCUT2D eigenvalue weighted by Crippen LogP contribution is 2.31. The molecule has 0 aliphatic rings. The van der Waals surface area contributed by atoms with E-state index in [1.165, 1.54) is 11.1 Å². The van der Waals surface area contributed by atoms with E-state index in [2.05, 4.69) is 40.2 Å². The van der Waals surface area contributed by atoms with E-state index in [-0.39, 0.29) is 6.61 Å². The summed E-state index contributed by atoms with van der Waals surface area (Å²) >= 11 is 3.50. The van der Waals surface area contributed by atoms with E-state index in [4.69, 9.17) is 5.11 Å². The fourth-order valence-electron chi connectivity index (χ4n) is 1.96. The average Bonchev–Trinajstić information content (AvgIpc) is 2.40. The van der Waals surface area contributed by atoms with Gasteiger partial charge in [0.25, 0.3) is 0 Å². The Labute approximate surface area is 116 Å². The van der Waals surface area contributed by atoms with Crippen molar-refractivity contribution in [3.05, 3.63) is 64.6 Å². The number of aliphatic hydroxyl groups excluding tert-OH is 1. The number of aliphatic hydroxyl groups is 1. The molecule has 1 nitrogen and oxygen atoms in total. The van der Waals surface area contributed by atoms with Crippen LogP contribution >= 0.6 is 15.9 Å². The van der Waals surface area contributed by atoms with Crippen LogP contribution in [0, 0.1) is 0 Å². The molecule has 0 aliphatic heterocycles. The Hall–Kier alpha value is -1.38. The van der Waals surface area contributed by atoms with Crippen molar-refractivity contribution in [2.45, 2.75) is 6.92 Å². The second-order valence-electron chi connectivity index (χ2n) is 4.13. The van der Waals surface area contributed by atoms with E-state index in [9.17, 15) is 0 Å². The second-order valence-corrected chi connectivity index (χ2v) is 5.04. The van der Waals surface area contributed by atoms with E-state index in [1.807, 2.05) is 37.3 Å². The molecular weight excluding hydrogens is 288 g/mol. The van der Waals surface area contributed by atoms with Gasteiger partial charge in [0, 0.05) is 4.47 Å². The summed E-state index contributed by atoms with van der Waals surface area (Å²) < 4.78 is 1.04. The molecule has 2 rings (SSSR count). The van der Waals surface area contributed by atoms with Crippen LogP contribution in [0.5, 0.6) is 0 Å². The van der Waals surface area contributed by atoms with Crippen molar-refractivity contribution in [2.75, 3.05) is 6.61 Å². The first-order valence-corrected chi connectivity index (χ1v) is 6.64. The zero-order valence-corrected chi connectivity index (χ0v) is 11.8. The van der Waals surface area contributed by atoms with Crippen LogP contribution < -0.4 is 0 Å². The fraction of sp³-hybridized carbons (Fsp3) is 0.125. The lowest BCUT2D eigenvalue weighted by Gasteiger charge is -2.11. The molecule has 0 fully saturated rings. The van der Waals surface area contributed by atoms with Crippen LogP contribution in [0.3, 0.4) is 0 Å². The summed E-state index contributed by atoms with van der Waals surface area (Å²) in [7, 11) is 0. The quantitative estimate of drug-likeness (QED) is 0.884. The van der Waals surface area contributed by atoms with Gasteiger partial charge in [-0.15, -0.1) is 0 Å². The third-order valence-corrected chi connectivity index (χ3v) is 3.38. The van der Waals surface area contributed by atoms with E-state index in [0.717, 1.165) is 15.6 Å². The van der Waals surface area contributed by atoms with Crippen molar-refractivity contribution in [2.24, 2.45) is 0 Å². The van der Waals surface area contributed by atoms with Gasteiger partial charge < -0.3 is 5.11 Å². The smallest absolute Gasteiger partial charge is 0.0618 e. The lowest BCUT2D eigenvalue weighted by Crippen LogP contribution is -1.89. The maximum atomic E-state index is 9.04. The molecule has 0 bridgehead atoms. The molecule has 0 saturated heterocycles. The molecule has 2 heteroatoms. The first kappa shape index (κ1) is 13.1. The van der Waals surface area contributed by atoms with Crippen LogP contribution in [-0.2, 0) is 0 Å². The molecule has 0 heterocycles. The van der Waals surface area contributed by atoms with Crippen LogP contribution in [0.1, 0.15) is 12.5 Å². The van der Waals surface area contributed by atoms with E-state index in [1.54, 1.807) is 0 Å².